The van der Waals surface area contributed by atoms with Gasteiger partial charge in [0.1, 0.15) is 18.8 Å². The zero-order chi connectivity index (χ0) is 23.2. The van der Waals surface area contributed by atoms with Crippen LogP contribution in [0.25, 0.3) is 11.1 Å². The standard InChI is InChI=1S/C24H28FN3O5/c1-30-20-6-3-16(13-22(20)32-12-9-25)15-28-10-7-18(8-11-28)26-24-27-19-5-4-17(23(29)31-2)14-21(19)33-24/h3-6,13-14,18H,7-12,15H2,1-2H3,(H,26,27). The first kappa shape index (κ1) is 22.8. The summed E-state index contributed by atoms with van der Waals surface area (Å²) >= 11 is 0. The van der Waals surface area contributed by atoms with Gasteiger partial charge in [0.2, 0.25) is 0 Å². The molecule has 0 unspecified atom stereocenters. The number of methoxy groups -OCH3 is 2. The summed E-state index contributed by atoms with van der Waals surface area (Å²) in [5.74, 6) is 0.760. The Hall–Kier alpha value is -3.33. The van der Waals surface area contributed by atoms with Gasteiger partial charge >= 0.3 is 5.97 Å². The molecule has 0 amide bonds. The van der Waals surface area contributed by atoms with Crippen molar-refractivity contribution in [1.82, 2.24) is 9.88 Å². The van der Waals surface area contributed by atoms with Gasteiger partial charge in [0, 0.05) is 25.7 Å². The number of fused-ring (bicyclic) bond motifs is 1. The third-order valence-corrected chi connectivity index (χ3v) is 5.69. The number of nitrogens with zero attached hydrogens (tertiary/aromatic N) is 2. The van der Waals surface area contributed by atoms with Crippen molar-refractivity contribution in [3.8, 4) is 11.5 Å². The summed E-state index contributed by atoms with van der Waals surface area (Å²) in [5.41, 5.74) is 2.75. The lowest BCUT2D eigenvalue weighted by Gasteiger charge is -2.32. The van der Waals surface area contributed by atoms with Gasteiger partial charge in [0.15, 0.2) is 17.1 Å². The van der Waals surface area contributed by atoms with Crippen molar-refractivity contribution in [2.75, 3.05) is 45.9 Å². The van der Waals surface area contributed by atoms with Crippen LogP contribution in [0.4, 0.5) is 10.4 Å². The van der Waals surface area contributed by atoms with Gasteiger partial charge in [-0.15, -0.1) is 0 Å². The van der Waals surface area contributed by atoms with E-state index < -0.39 is 12.6 Å². The number of benzene rings is 2. The third kappa shape index (κ3) is 5.54. The summed E-state index contributed by atoms with van der Waals surface area (Å²) in [5, 5.41) is 3.37. The number of oxazole rings is 1. The molecule has 1 aromatic heterocycles. The third-order valence-electron chi connectivity index (χ3n) is 5.69. The number of anilines is 1. The number of hydrogen-bond donors (Lipinski definition) is 1. The smallest absolute Gasteiger partial charge is 0.337 e. The first-order valence-corrected chi connectivity index (χ1v) is 10.9. The Morgan fingerprint density at radius 3 is 2.73 bits per heavy atom. The molecule has 8 nitrogen and oxygen atoms in total. The lowest BCUT2D eigenvalue weighted by molar-refractivity contribution is 0.0600. The van der Waals surface area contributed by atoms with Crippen LogP contribution in [0.1, 0.15) is 28.8 Å². The molecule has 0 bridgehead atoms. The second-order valence-corrected chi connectivity index (χ2v) is 7.91. The van der Waals surface area contributed by atoms with Gasteiger partial charge in [-0.3, -0.25) is 4.90 Å². The zero-order valence-electron chi connectivity index (χ0n) is 18.8. The fraction of sp³-hybridized carbons (Fsp3) is 0.417. The van der Waals surface area contributed by atoms with Crippen molar-refractivity contribution in [2.24, 2.45) is 0 Å². The average molecular weight is 458 g/mol. The van der Waals surface area contributed by atoms with E-state index in [1.807, 2.05) is 18.2 Å². The number of ether oxygens (including phenoxy) is 3. The first-order chi connectivity index (χ1) is 16.1. The van der Waals surface area contributed by atoms with Crippen LogP contribution < -0.4 is 14.8 Å². The lowest BCUT2D eigenvalue weighted by atomic mass is 10.0. The Balaban J connectivity index is 1.32. The molecular weight excluding hydrogens is 429 g/mol. The normalized spacial score (nSPS) is 14.9. The molecule has 33 heavy (non-hydrogen) atoms. The van der Waals surface area contributed by atoms with E-state index in [-0.39, 0.29) is 12.6 Å². The summed E-state index contributed by atoms with van der Waals surface area (Å²) < 4.78 is 33.8. The van der Waals surface area contributed by atoms with E-state index in [2.05, 4.69) is 15.2 Å². The van der Waals surface area contributed by atoms with Gasteiger partial charge in [-0.05, 0) is 48.7 Å². The van der Waals surface area contributed by atoms with Crippen molar-refractivity contribution in [1.29, 1.82) is 0 Å². The molecule has 2 heterocycles. The van der Waals surface area contributed by atoms with Crippen molar-refractivity contribution in [3.05, 3.63) is 47.5 Å². The van der Waals surface area contributed by atoms with Gasteiger partial charge in [0.25, 0.3) is 6.01 Å². The van der Waals surface area contributed by atoms with Crippen LogP contribution in [-0.2, 0) is 11.3 Å². The number of piperidine rings is 1. The van der Waals surface area contributed by atoms with Crippen LogP contribution in [0.2, 0.25) is 0 Å². The molecule has 3 aromatic rings. The van der Waals surface area contributed by atoms with Crippen LogP contribution in [-0.4, -0.2) is 62.5 Å². The molecule has 0 aliphatic carbocycles. The maximum absolute atomic E-state index is 12.5. The fourth-order valence-electron chi connectivity index (χ4n) is 3.98. The molecular formula is C24H28FN3O5. The fourth-order valence-corrected chi connectivity index (χ4v) is 3.98. The molecule has 0 saturated carbocycles. The number of alkyl halides is 1. The Labute approximate surface area is 191 Å². The minimum Gasteiger partial charge on any atom is -0.493 e. The summed E-state index contributed by atoms with van der Waals surface area (Å²) in [4.78, 5) is 18.5. The van der Waals surface area contributed by atoms with Crippen LogP contribution in [0.3, 0.4) is 0 Å². The second-order valence-electron chi connectivity index (χ2n) is 7.91. The summed E-state index contributed by atoms with van der Waals surface area (Å²) in [6.45, 7) is 2.08. The van der Waals surface area contributed by atoms with Gasteiger partial charge in [-0.1, -0.05) is 6.07 Å². The monoisotopic (exact) mass is 457 g/mol. The number of halogens is 1. The van der Waals surface area contributed by atoms with E-state index in [1.165, 1.54) is 7.11 Å². The van der Waals surface area contributed by atoms with Crippen LogP contribution >= 0.6 is 0 Å². The predicted octanol–water partition coefficient (Wildman–Crippen LogP) is 4.05. The summed E-state index contributed by atoms with van der Waals surface area (Å²) in [6.07, 6.45) is 1.88. The number of esters is 1. The highest BCUT2D eigenvalue weighted by Gasteiger charge is 2.21. The average Bonchev–Trinajstić information content (AvgIpc) is 3.25. The number of nitrogens with one attached hydrogen (secondary N) is 1. The van der Waals surface area contributed by atoms with E-state index >= 15 is 0 Å². The van der Waals surface area contributed by atoms with Crippen molar-refractivity contribution < 1.29 is 27.8 Å². The van der Waals surface area contributed by atoms with Crippen molar-refractivity contribution in [2.45, 2.75) is 25.4 Å². The van der Waals surface area contributed by atoms with E-state index in [4.69, 9.17) is 18.6 Å². The van der Waals surface area contributed by atoms with Gasteiger partial charge in [0.05, 0.1) is 19.8 Å². The quantitative estimate of drug-likeness (QED) is 0.482. The number of carbonyl (C=O) groups is 1. The first-order valence-electron chi connectivity index (χ1n) is 10.9. The molecule has 1 N–H and O–H groups in total. The zero-order valence-corrected chi connectivity index (χ0v) is 18.8. The Morgan fingerprint density at radius 2 is 2.00 bits per heavy atom. The maximum Gasteiger partial charge on any atom is 0.337 e. The number of carbonyl (C=O) groups excluding carboxylic acids is 1. The van der Waals surface area contributed by atoms with Crippen LogP contribution in [0.15, 0.2) is 40.8 Å². The Morgan fingerprint density at radius 1 is 1.18 bits per heavy atom. The molecule has 9 heteroatoms. The molecule has 1 fully saturated rings. The number of hydrogen-bond acceptors (Lipinski definition) is 8. The van der Waals surface area contributed by atoms with E-state index in [9.17, 15) is 9.18 Å². The van der Waals surface area contributed by atoms with Crippen molar-refractivity contribution in [3.63, 3.8) is 0 Å². The second kappa shape index (κ2) is 10.5. The molecule has 0 radical (unpaired) electrons. The molecule has 1 saturated heterocycles. The lowest BCUT2D eigenvalue weighted by Crippen LogP contribution is -2.38. The highest BCUT2D eigenvalue weighted by Crippen LogP contribution is 2.29. The largest absolute Gasteiger partial charge is 0.493 e. The minimum absolute atomic E-state index is 0.0106. The highest BCUT2D eigenvalue weighted by atomic mass is 19.1. The van der Waals surface area contributed by atoms with E-state index in [1.54, 1.807) is 25.3 Å². The highest BCUT2D eigenvalue weighted by molar-refractivity contribution is 5.93. The summed E-state index contributed by atoms with van der Waals surface area (Å²) in [6, 6.07) is 11.5. The SMILES string of the molecule is COC(=O)c1ccc2nc(NC3CCN(Cc4ccc(OC)c(OCCF)c4)CC3)oc2c1. The molecule has 2 aromatic carbocycles. The topological polar surface area (TPSA) is 86.1 Å². The number of rotatable bonds is 9. The molecule has 1 aliphatic rings. The maximum atomic E-state index is 12.5. The van der Waals surface area contributed by atoms with Crippen LogP contribution in [0, 0.1) is 0 Å². The number of aromatic nitrogens is 1. The van der Waals surface area contributed by atoms with Gasteiger partial charge < -0.3 is 23.9 Å². The van der Waals surface area contributed by atoms with Gasteiger partial charge in [-0.25, -0.2) is 9.18 Å². The van der Waals surface area contributed by atoms with Crippen molar-refractivity contribution >= 4 is 23.1 Å². The summed E-state index contributed by atoms with van der Waals surface area (Å²) in [7, 11) is 2.92. The Bertz CT molecular complexity index is 1090. The predicted molar refractivity (Wildman–Crippen MR) is 122 cm³/mol. The molecule has 0 atom stereocenters. The molecule has 176 valence electrons. The van der Waals surface area contributed by atoms with E-state index in [0.717, 1.165) is 38.0 Å². The molecule has 0 spiro atoms. The molecule has 1 aliphatic heterocycles. The number of likely N-dealkylation sites (tertiary alicyclic amines) is 1. The van der Waals surface area contributed by atoms with Crippen LogP contribution in [0.5, 0.6) is 11.5 Å². The van der Waals surface area contributed by atoms with Gasteiger partial charge in [-0.2, -0.15) is 4.98 Å². The Kier molecular flexibility index (Phi) is 7.29. The van der Waals surface area contributed by atoms with E-state index in [0.29, 0.717) is 34.2 Å². The molecule has 4 rings (SSSR count). The minimum atomic E-state index is -0.541.